The van der Waals surface area contributed by atoms with Gasteiger partial charge in [-0.3, -0.25) is 4.90 Å². The molecule has 90 valence electrons. The number of halogens is 1. The van der Waals surface area contributed by atoms with Gasteiger partial charge in [0.2, 0.25) is 0 Å². The zero-order valence-electron chi connectivity index (χ0n) is 9.78. The van der Waals surface area contributed by atoms with Gasteiger partial charge in [0.1, 0.15) is 0 Å². The number of benzene rings is 1. The highest BCUT2D eigenvalue weighted by molar-refractivity contribution is 9.10. The van der Waals surface area contributed by atoms with Crippen molar-refractivity contribution in [3.05, 3.63) is 34.3 Å². The highest BCUT2D eigenvalue weighted by Crippen LogP contribution is 2.17. The van der Waals surface area contributed by atoms with Crippen molar-refractivity contribution in [3.8, 4) is 0 Å². The predicted octanol–water partition coefficient (Wildman–Crippen LogP) is 1.46. The second-order valence-corrected chi connectivity index (χ2v) is 4.85. The fourth-order valence-corrected chi connectivity index (χ4v) is 2.05. The molecule has 2 N–H and O–H groups in total. The topological polar surface area (TPSA) is 35.5 Å². The number of aliphatic hydroxyl groups is 1. The molecule has 0 aliphatic heterocycles. The second kappa shape index (κ2) is 7.01. The van der Waals surface area contributed by atoms with Crippen LogP contribution in [0.2, 0.25) is 0 Å². The van der Waals surface area contributed by atoms with Crippen LogP contribution >= 0.6 is 15.9 Å². The molecule has 4 heteroatoms. The van der Waals surface area contributed by atoms with Crippen LogP contribution in [0, 0.1) is 0 Å². The Bertz CT molecular complexity index is 320. The Labute approximate surface area is 106 Å². The van der Waals surface area contributed by atoms with Gasteiger partial charge < -0.3 is 10.4 Å². The highest BCUT2D eigenvalue weighted by Gasteiger charge is 2.08. The van der Waals surface area contributed by atoms with Crippen LogP contribution in [-0.2, 0) is 6.54 Å². The Morgan fingerprint density at radius 3 is 2.75 bits per heavy atom. The molecule has 1 aromatic rings. The summed E-state index contributed by atoms with van der Waals surface area (Å²) in [6.07, 6.45) is -0.322. The third kappa shape index (κ3) is 4.61. The molecular weight excluding hydrogens is 268 g/mol. The van der Waals surface area contributed by atoms with Gasteiger partial charge in [-0.2, -0.15) is 0 Å². The minimum Gasteiger partial charge on any atom is -0.390 e. The van der Waals surface area contributed by atoms with E-state index in [9.17, 15) is 5.11 Å². The molecule has 0 fully saturated rings. The molecule has 16 heavy (non-hydrogen) atoms. The fourth-order valence-electron chi connectivity index (χ4n) is 1.64. The summed E-state index contributed by atoms with van der Waals surface area (Å²) in [7, 11) is 3.86. The zero-order valence-corrected chi connectivity index (χ0v) is 11.4. The van der Waals surface area contributed by atoms with Crippen molar-refractivity contribution in [2.45, 2.75) is 12.6 Å². The molecule has 1 unspecified atom stereocenters. The minimum absolute atomic E-state index is 0.322. The lowest BCUT2D eigenvalue weighted by Crippen LogP contribution is -2.35. The molecule has 0 bridgehead atoms. The van der Waals surface area contributed by atoms with E-state index in [1.807, 2.05) is 32.3 Å². The Morgan fingerprint density at radius 2 is 2.12 bits per heavy atom. The lowest BCUT2D eigenvalue weighted by molar-refractivity contribution is 0.123. The molecule has 0 radical (unpaired) electrons. The van der Waals surface area contributed by atoms with Gasteiger partial charge in [0.15, 0.2) is 0 Å². The molecule has 1 rings (SSSR count). The highest BCUT2D eigenvalue weighted by atomic mass is 79.9. The van der Waals surface area contributed by atoms with Crippen molar-refractivity contribution in [3.63, 3.8) is 0 Å². The number of hydrogen-bond acceptors (Lipinski definition) is 3. The van der Waals surface area contributed by atoms with Gasteiger partial charge in [-0.25, -0.2) is 0 Å². The smallest absolute Gasteiger partial charge is 0.0791 e. The zero-order chi connectivity index (χ0) is 12.0. The standard InChI is InChI=1S/C12H19BrN2O/c1-14-7-11(16)9-15(2)8-10-5-3-4-6-12(10)13/h3-6,11,14,16H,7-9H2,1-2H3. The van der Waals surface area contributed by atoms with Crippen LogP contribution in [0.4, 0.5) is 0 Å². The first kappa shape index (κ1) is 13.6. The van der Waals surface area contributed by atoms with Crippen molar-refractivity contribution < 1.29 is 5.11 Å². The maximum absolute atomic E-state index is 9.65. The average Bonchev–Trinajstić information content (AvgIpc) is 2.21. The van der Waals surface area contributed by atoms with Crippen molar-refractivity contribution >= 4 is 15.9 Å². The van der Waals surface area contributed by atoms with Crippen molar-refractivity contribution in [2.24, 2.45) is 0 Å². The summed E-state index contributed by atoms with van der Waals surface area (Å²) in [6.45, 7) is 2.13. The molecule has 1 aromatic carbocycles. The molecule has 0 aliphatic carbocycles. The number of aliphatic hydroxyl groups excluding tert-OH is 1. The monoisotopic (exact) mass is 286 g/mol. The number of nitrogens with one attached hydrogen (secondary N) is 1. The normalized spacial score (nSPS) is 13.1. The van der Waals surface area contributed by atoms with E-state index in [0.29, 0.717) is 13.1 Å². The van der Waals surface area contributed by atoms with Crippen molar-refractivity contribution in [2.75, 3.05) is 27.2 Å². The summed E-state index contributed by atoms with van der Waals surface area (Å²) in [6, 6.07) is 8.15. The van der Waals surface area contributed by atoms with Gasteiger partial charge in [0, 0.05) is 24.1 Å². The third-order valence-corrected chi connectivity index (χ3v) is 3.13. The minimum atomic E-state index is -0.322. The Kier molecular flexibility index (Phi) is 5.98. The van der Waals surface area contributed by atoms with Gasteiger partial charge in [-0.15, -0.1) is 0 Å². The Hall–Kier alpha value is -0.420. The van der Waals surface area contributed by atoms with Gasteiger partial charge in [0.05, 0.1) is 6.10 Å². The first-order valence-corrected chi connectivity index (χ1v) is 6.17. The molecular formula is C12H19BrN2O. The van der Waals surface area contributed by atoms with Crippen LogP contribution in [-0.4, -0.2) is 43.3 Å². The summed E-state index contributed by atoms with van der Waals surface area (Å²) < 4.78 is 1.12. The summed E-state index contributed by atoms with van der Waals surface area (Å²) in [5, 5.41) is 12.6. The maximum atomic E-state index is 9.65. The lowest BCUT2D eigenvalue weighted by Gasteiger charge is -2.20. The van der Waals surface area contributed by atoms with Crippen LogP contribution in [0.3, 0.4) is 0 Å². The van der Waals surface area contributed by atoms with E-state index in [1.54, 1.807) is 0 Å². The Balaban J connectivity index is 2.45. The van der Waals surface area contributed by atoms with Gasteiger partial charge in [0.25, 0.3) is 0 Å². The SMILES string of the molecule is CNCC(O)CN(C)Cc1ccccc1Br. The van der Waals surface area contributed by atoms with E-state index in [4.69, 9.17) is 0 Å². The fraction of sp³-hybridized carbons (Fsp3) is 0.500. The van der Waals surface area contributed by atoms with Gasteiger partial charge >= 0.3 is 0 Å². The first-order chi connectivity index (χ1) is 7.63. The third-order valence-electron chi connectivity index (χ3n) is 2.36. The molecule has 1 atom stereocenters. The van der Waals surface area contributed by atoms with Gasteiger partial charge in [-0.05, 0) is 25.7 Å². The van der Waals surface area contributed by atoms with E-state index in [-0.39, 0.29) is 6.10 Å². The summed E-state index contributed by atoms with van der Waals surface area (Å²) in [5.74, 6) is 0. The van der Waals surface area contributed by atoms with E-state index in [1.165, 1.54) is 5.56 Å². The molecule has 0 spiro atoms. The van der Waals surface area contributed by atoms with E-state index >= 15 is 0 Å². The quantitative estimate of drug-likeness (QED) is 0.831. The van der Waals surface area contributed by atoms with Gasteiger partial charge in [-0.1, -0.05) is 34.1 Å². The molecule has 3 nitrogen and oxygen atoms in total. The molecule has 0 amide bonds. The van der Waals surface area contributed by atoms with E-state index < -0.39 is 0 Å². The molecule has 0 saturated carbocycles. The molecule has 0 aromatic heterocycles. The molecule has 0 aliphatic rings. The van der Waals surface area contributed by atoms with Crippen molar-refractivity contribution in [1.82, 2.24) is 10.2 Å². The van der Waals surface area contributed by atoms with Crippen LogP contribution in [0.15, 0.2) is 28.7 Å². The summed E-state index contributed by atoms with van der Waals surface area (Å²) in [4.78, 5) is 2.11. The lowest BCUT2D eigenvalue weighted by atomic mass is 10.2. The predicted molar refractivity (Wildman–Crippen MR) is 70.4 cm³/mol. The van der Waals surface area contributed by atoms with E-state index in [2.05, 4.69) is 32.2 Å². The largest absolute Gasteiger partial charge is 0.390 e. The van der Waals surface area contributed by atoms with Crippen LogP contribution in [0.25, 0.3) is 0 Å². The maximum Gasteiger partial charge on any atom is 0.0791 e. The summed E-state index contributed by atoms with van der Waals surface area (Å²) in [5.41, 5.74) is 1.24. The number of likely N-dealkylation sites (N-methyl/N-ethyl adjacent to an activating group) is 2. The summed E-state index contributed by atoms with van der Waals surface area (Å²) >= 11 is 3.52. The van der Waals surface area contributed by atoms with Crippen LogP contribution in [0.5, 0.6) is 0 Å². The average molecular weight is 287 g/mol. The second-order valence-electron chi connectivity index (χ2n) is 4.00. The van der Waals surface area contributed by atoms with Crippen LogP contribution < -0.4 is 5.32 Å². The van der Waals surface area contributed by atoms with E-state index in [0.717, 1.165) is 11.0 Å². The number of rotatable bonds is 6. The van der Waals surface area contributed by atoms with Crippen molar-refractivity contribution in [1.29, 1.82) is 0 Å². The Morgan fingerprint density at radius 1 is 1.44 bits per heavy atom. The molecule has 0 saturated heterocycles. The first-order valence-electron chi connectivity index (χ1n) is 5.38. The molecule has 0 heterocycles. The number of nitrogens with zero attached hydrogens (tertiary/aromatic N) is 1. The van der Waals surface area contributed by atoms with Crippen LogP contribution in [0.1, 0.15) is 5.56 Å². The number of hydrogen-bond donors (Lipinski definition) is 2.